The third-order valence-electron chi connectivity index (χ3n) is 3.78. The van der Waals surface area contributed by atoms with Gasteiger partial charge in [0.15, 0.2) is 5.78 Å². The Hall–Kier alpha value is -2.14. The van der Waals surface area contributed by atoms with Crippen LogP contribution in [0.25, 0.3) is 5.57 Å². The number of fused-ring (bicyclic) bond motifs is 2. The Morgan fingerprint density at radius 1 is 1.22 bits per heavy atom. The second kappa shape index (κ2) is 4.27. The number of nitrogens with zero attached hydrogens (tertiary/aromatic N) is 1. The van der Waals surface area contributed by atoms with Gasteiger partial charge in [0, 0.05) is 5.92 Å². The Bertz CT molecular complexity index is 587. The molecule has 2 aliphatic rings. The number of carbonyl (C=O) groups is 1. The van der Waals surface area contributed by atoms with E-state index in [2.05, 4.69) is 12.1 Å². The predicted octanol–water partition coefficient (Wildman–Crippen LogP) is 3.11. The molecular formula is C16H13NO. The molecule has 0 N–H and O–H groups in total. The fourth-order valence-electron chi connectivity index (χ4n) is 2.78. The van der Waals surface area contributed by atoms with Crippen molar-refractivity contribution in [1.29, 1.82) is 5.26 Å². The fourth-order valence-corrected chi connectivity index (χ4v) is 2.78. The van der Waals surface area contributed by atoms with Crippen LogP contribution in [0.4, 0.5) is 0 Å². The molecule has 0 saturated heterocycles. The van der Waals surface area contributed by atoms with Crippen LogP contribution in [0.5, 0.6) is 0 Å². The summed E-state index contributed by atoms with van der Waals surface area (Å²) in [5.74, 6) is 0.748. The van der Waals surface area contributed by atoms with E-state index in [4.69, 9.17) is 5.26 Å². The summed E-state index contributed by atoms with van der Waals surface area (Å²) in [4.78, 5) is 11.9. The maximum absolute atomic E-state index is 11.9. The van der Waals surface area contributed by atoms with E-state index in [9.17, 15) is 4.79 Å². The molecule has 3 rings (SSSR count). The summed E-state index contributed by atoms with van der Waals surface area (Å²) in [6.07, 6.45) is 7.89. The third kappa shape index (κ3) is 1.78. The van der Waals surface area contributed by atoms with Gasteiger partial charge in [-0.15, -0.1) is 0 Å². The first-order valence-corrected chi connectivity index (χ1v) is 6.20. The number of hydrogen-bond donors (Lipinski definition) is 0. The summed E-state index contributed by atoms with van der Waals surface area (Å²) < 4.78 is 0. The first-order valence-electron chi connectivity index (χ1n) is 6.20. The average Bonchev–Trinajstić information content (AvgIpc) is 2.44. The molecule has 2 bridgehead atoms. The van der Waals surface area contributed by atoms with Crippen LogP contribution in [0.1, 0.15) is 24.0 Å². The van der Waals surface area contributed by atoms with Crippen molar-refractivity contribution < 1.29 is 4.79 Å². The summed E-state index contributed by atoms with van der Waals surface area (Å²) >= 11 is 0. The number of ketones is 1. The van der Waals surface area contributed by atoms with Crippen molar-refractivity contribution in [3.8, 4) is 6.07 Å². The van der Waals surface area contributed by atoms with Crippen molar-refractivity contribution >= 4 is 11.4 Å². The van der Waals surface area contributed by atoms with Crippen LogP contribution >= 0.6 is 0 Å². The summed E-state index contributed by atoms with van der Waals surface area (Å²) in [6, 6.07) is 9.62. The molecule has 0 aliphatic heterocycles. The number of allylic oxidation sites excluding steroid dienone is 4. The summed E-state index contributed by atoms with van der Waals surface area (Å²) in [7, 11) is 0. The lowest BCUT2D eigenvalue weighted by Gasteiger charge is -2.30. The minimum Gasteiger partial charge on any atom is -0.294 e. The van der Waals surface area contributed by atoms with E-state index in [0.717, 1.165) is 24.0 Å². The summed E-state index contributed by atoms with van der Waals surface area (Å²) in [5, 5.41) is 8.80. The normalized spacial score (nSPS) is 25.5. The zero-order chi connectivity index (χ0) is 12.5. The highest BCUT2D eigenvalue weighted by Crippen LogP contribution is 2.39. The van der Waals surface area contributed by atoms with Gasteiger partial charge >= 0.3 is 0 Å². The number of carbonyl (C=O) groups excluding carboxylic acids is 1. The zero-order valence-corrected chi connectivity index (χ0v) is 9.97. The first-order chi connectivity index (χ1) is 8.78. The Morgan fingerprint density at radius 2 is 2.00 bits per heavy atom. The van der Waals surface area contributed by atoms with Gasteiger partial charge in [-0.2, -0.15) is 5.26 Å². The molecule has 18 heavy (non-hydrogen) atoms. The Balaban J connectivity index is 1.96. The van der Waals surface area contributed by atoms with E-state index < -0.39 is 0 Å². The van der Waals surface area contributed by atoms with Crippen LogP contribution in [0.2, 0.25) is 0 Å². The van der Waals surface area contributed by atoms with Crippen LogP contribution in [0.15, 0.2) is 42.5 Å². The summed E-state index contributed by atoms with van der Waals surface area (Å²) in [6.45, 7) is 0. The smallest absolute Gasteiger partial charge is 0.162 e. The number of rotatable bonds is 1. The van der Waals surface area contributed by atoms with Gasteiger partial charge in [-0.3, -0.25) is 4.79 Å². The molecule has 88 valence electrons. The molecule has 2 nitrogen and oxygen atoms in total. The largest absolute Gasteiger partial charge is 0.294 e. The van der Waals surface area contributed by atoms with Crippen LogP contribution in [-0.4, -0.2) is 5.78 Å². The average molecular weight is 235 g/mol. The molecule has 0 unspecified atom stereocenters. The third-order valence-corrected chi connectivity index (χ3v) is 3.78. The van der Waals surface area contributed by atoms with Gasteiger partial charge in [0.05, 0.1) is 11.6 Å². The maximum Gasteiger partial charge on any atom is 0.162 e. The lowest BCUT2D eigenvalue weighted by molar-refractivity contribution is -0.117. The monoisotopic (exact) mass is 235 g/mol. The zero-order valence-electron chi connectivity index (χ0n) is 9.97. The molecule has 0 heterocycles. The SMILES string of the molecule is N#Cc1ccc(C2=CC[C@@H]3C=CC(=O)[C@H]2C3)cc1. The quantitative estimate of drug-likeness (QED) is 0.750. The van der Waals surface area contributed by atoms with Gasteiger partial charge < -0.3 is 0 Å². The Labute approximate surface area is 106 Å². The van der Waals surface area contributed by atoms with Crippen molar-refractivity contribution in [3.05, 3.63) is 53.6 Å². The lowest BCUT2D eigenvalue weighted by Crippen LogP contribution is -2.25. The molecule has 0 amide bonds. The molecule has 0 saturated carbocycles. The van der Waals surface area contributed by atoms with Crippen molar-refractivity contribution in [2.75, 3.05) is 0 Å². The summed E-state index contributed by atoms with van der Waals surface area (Å²) in [5.41, 5.74) is 2.86. The van der Waals surface area contributed by atoms with Crippen molar-refractivity contribution in [3.63, 3.8) is 0 Å². The highest BCUT2D eigenvalue weighted by molar-refractivity contribution is 6.01. The van der Waals surface area contributed by atoms with Gasteiger partial charge in [0.2, 0.25) is 0 Å². The Morgan fingerprint density at radius 3 is 2.72 bits per heavy atom. The van der Waals surface area contributed by atoms with Crippen LogP contribution in [0, 0.1) is 23.2 Å². The standard InChI is InChI=1S/C16H13NO/c17-10-12-1-5-13(6-2-12)14-7-3-11-4-8-16(18)15(14)9-11/h1-2,4-8,11,15H,3,9H2/t11-,15+/m1/s1. The highest BCUT2D eigenvalue weighted by Gasteiger charge is 2.31. The fraction of sp³-hybridized carbons (Fsp3) is 0.250. The van der Waals surface area contributed by atoms with Crippen molar-refractivity contribution in [2.24, 2.45) is 11.8 Å². The molecule has 1 aromatic rings. The molecule has 1 aromatic carbocycles. The van der Waals surface area contributed by atoms with Crippen molar-refractivity contribution in [2.45, 2.75) is 12.8 Å². The molecule has 0 fully saturated rings. The minimum absolute atomic E-state index is 0.0154. The van der Waals surface area contributed by atoms with Crippen LogP contribution in [0.3, 0.4) is 0 Å². The van der Waals surface area contributed by atoms with E-state index in [0.29, 0.717) is 11.5 Å². The minimum atomic E-state index is 0.0154. The molecule has 0 aromatic heterocycles. The second-order valence-electron chi connectivity index (χ2n) is 4.89. The molecule has 2 aliphatic carbocycles. The molecule has 2 atom stereocenters. The Kier molecular flexibility index (Phi) is 2.60. The van der Waals surface area contributed by atoms with Gasteiger partial charge in [0.1, 0.15) is 0 Å². The van der Waals surface area contributed by atoms with Gasteiger partial charge in [-0.1, -0.05) is 24.3 Å². The molecule has 2 heteroatoms. The molecule has 0 radical (unpaired) electrons. The van der Waals surface area contributed by atoms with E-state index in [-0.39, 0.29) is 11.7 Å². The molecular weight excluding hydrogens is 222 g/mol. The highest BCUT2D eigenvalue weighted by atomic mass is 16.1. The van der Waals surface area contributed by atoms with Gasteiger partial charge in [-0.25, -0.2) is 0 Å². The van der Waals surface area contributed by atoms with E-state index in [1.165, 1.54) is 0 Å². The molecule has 0 spiro atoms. The predicted molar refractivity (Wildman–Crippen MR) is 69.5 cm³/mol. The van der Waals surface area contributed by atoms with E-state index in [1.54, 1.807) is 6.08 Å². The van der Waals surface area contributed by atoms with Crippen LogP contribution in [-0.2, 0) is 4.79 Å². The lowest BCUT2D eigenvalue weighted by atomic mass is 9.73. The van der Waals surface area contributed by atoms with Crippen LogP contribution < -0.4 is 0 Å². The van der Waals surface area contributed by atoms with Gasteiger partial charge in [-0.05, 0) is 48.1 Å². The van der Waals surface area contributed by atoms with E-state index in [1.807, 2.05) is 30.3 Å². The topological polar surface area (TPSA) is 40.9 Å². The number of benzene rings is 1. The van der Waals surface area contributed by atoms with Gasteiger partial charge in [0.25, 0.3) is 0 Å². The second-order valence-corrected chi connectivity index (χ2v) is 4.89. The van der Waals surface area contributed by atoms with Crippen molar-refractivity contribution in [1.82, 2.24) is 0 Å². The number of nitriles is 1. The van der Waals surface area contributed by atoms with E-state index >= 15 is 0 Å². The maximum atomic E-state index is 11.9. The number of hydrogen-bond acceptors (Lipinski definition) is 2. The first kappa shape index (κ1) is 11.0.